The molecule has 270 valence electrons. The second-order valence-electron chi connectivity index (χ2n) is 15.2. The molecule has 6 rings (SSSR count). The summed E-state index contributed by atoms with van der Waals surface area (Å²) in [7, 11) is 5.84. The lowest BCUT2D eigenvalue weighted by Gasteiger charge is -2.36. The van der Waals surface area contributed by atoms with Gasteiger partial charge < -0.3 is 24.6 Å². The summed E-state index contributed by atoms with van der Waals surface area (Å²) in [5.74, 6) is 2.04. The Balaban J connectivity index is 1.09. The van der Waals surface area contributed by atoms with Gasteiger partial charge in [-0.1, -0.05) is 24.3 Å². The van der Waals surface area contributed by atoms with Crippen LogP contribution < -0.4 is 15.0 Å². The average molecular weight is 684 g/mol. The zero-order valence-electron chi connectivity index (χ0n) is 30.6. The van der Waals surface area contributed by atoms with Crippen LogP contribution in [0.15, 0.2) is 54.9 Å². The van der Waals surface area contributed by atoms with E-state index in [2.05, 4.69) is 94.6 Å². The Morgan fingerprint density at radius 2 is 1.70 bits per heavy atom. The maximum absolute atomic E-state index is 14.5. The predicted molar refractivity (Wildman–Crippen MR) is 199 cm³/mol. The first-order valence-corrected chi connectivity index (χ1v) is 19.0. The van der Waals surface area contributed by atoms with Gasteiger partial charge in [-0.3, -0.25) is 9.48 Å². The average Bonchev–Trinajstić information content (AvgIpc) is 3.86. The molecule has 0 atom stereocenters. The molecule has 0 spiro atoms. The summed E-state index contributed by atoms with van der Waals surface area (Å²) >= 11 is 0. The molecule has 3 aliphatic carbocycles. The lowest BCUT2D eigenvalue weighted by Crippen LogP contribution is -2.42. The van der Waals surface area contributed by atoms with Gasteiger partial charge >= 0.3 is 6.09 Å². The third kappa shape index (κ3) is 9.47. The largest absolute Gasteiger partial charge is 0.496 e. The number of anilines is 1. The molecular weight excluding hydrogens is 626 g/mol. The third-order valence-corrected chi connectivity index (χ3v) is 11.1. The van der Waals surface area contributed by atoms with Gasteiger partial charge in [0.1, 0.15) is 11.9 Å². The SMILES string of the molecule is COc1ccc(C2CCC(CN(C(=O)C3CCC(OC(=O)NCCCCN(C)C)CC3)c3cccc(-c4cnn(C5CC5)c4)c3)CC2)cc1C. The maximum Gasteiger partial charge on any atom is 0.407 e. The van der Waals surface area contributed by atoms with E-state index in [1.165, 1.54) is 24.0 Å². The van der Waals surface area contributed by atoms with Crippen molar-refractivity contribution in [3.05, 3.63) is 66.0 Å². The normalized spacial score (nSPS) is 22.3. The van der Waals surface area contributed by atoms with E-state index in [-0.39, 0.29) is 24.0 Å². The number of hydrogen-bond acceptors (Lipinski definition) is 6. The molecule has 0 unspecified atom stereocenters. The number of benzene rings is 2. The smallest absolute Gasteiger partial charge is 0.407 e. The Bertz CT molecular complexity index is 1570. The lowest BCUT2D eigenvalue weighted by molar-refractivity contribution is -0.124. The number of aryl methyl sites for hydroxylation is 1. The van der Waals surface area contributed by atoms with Crippen molar-refractivity contribution in [1.82, 2.24) is 20.0 Å². The number of nitrogens with one attached hydrogen (secondary N) is 1. The Labute approximate surface area is 298 Å². The molecule has 2 amide bonds. The molecule has 3 aliphatic rings. The van der Waals surface area contributed by atoms with Crippen molar-refractivity contribution in [2.45, 2.75) is 102 Å². The predicted octanol–water partition coefficient (Wildman–Crippen LogP) is 8.14. The number of hydrogen-bond donors (Lipinski definition) is 1. The Kier molecular flexibility index (Phi) is 12.2. The number of rotatable bonds is 14. The van der Waals surface area contributed by atoms with Gasteiger partial charge in [-0.25, -0.2) is 4.79 Å². The molecule has 0 aliphatic heterocycles. The second-order valence-corrected chi connectivity index (χ2v) is 15.2. The molecular formula is C41H57N5O4. The number of carbonyl (C=O) groups excluding carboxylic acids is 2. The summed E-state index contributed by atoms with van der Waals surface area (Å²) in [5, 5.41) is 7.53. The molecule has 3 aromatic rings. The standard InChI is InChI=1S/C41H57N5O4/c1-29-24-34(16-21-39(29)49-4)31-12-10-30(11-13-31)27-45(37-9-7-8-33(25-37)35-26-43-46(28-35)36-17-18-36)40(47)32-14-19-38(20-15-32)50-41(48)42-22-5-6-23-44(2)3/h7-9,16,21,24-26,28,30-32,36,38H,5-6,10-15,17-20,22-23,27H2,1-4H3,(H,42,48). The highest BCUT2D eigenvalue weighted by Crippen LogP contribution is 2.40. The van der Waals surface area contributed by atoms with Crippen LogP contribution in [0, 0.1) is 18.8 Å². The van der Waals surface area contributed by atoms with Gasteiger partial charge in [0, 0.05) is 36.5 Å². The number of unbranched alkanes of at least 4 members (excludes halogenated alkanes) is 1. The van der Waals surface area contributed by atoms with E-state index in [1.54, 1.807) is 7.11 Å². The molecule has 9 heteroatoms. The summed E-state index contributed by atoms with van der Waals surface area (Å²) in [6, 6.07) is 15.6. The van der Waals surface area contributed by atoms with Crippen LogP contribution >= 0.6 is 0 Å². The minimum atomic E-state index is -0.339. The van der Waals surface area contributed by atoms with Crippen molar-refractivity contribution in [1.29, 1.82) is 0 Å². The van der Waals surface area contributed by atoms with Gasteiger partial charge in [-0.05, 0) is 151 Å². The fourth-order valence-corrected chi connectivity index (χ4v) is 7.88. The number of amides is 2. The lowest BCUT2D eigenvalue weighted by atomic mass is 9.78. The van der Waals surface area contributed by atoms with Gasteiger partial charge in [0.25, 0.3) is 0 Å². The first-order chi connectivity index (χ1) is 24.3. The Morgan fingerprint density at radius 1 is 0.920 bits per heavy atom. The molecule has 0 radical (unpaired) electrons. The molecule has 9 nitrogen and oxygen atoms in total. The molecule has 1 N–H and O–H groups in total. The number of ether oxygens (including phenoxy) is 2. The molecule has 0 bridgehead atoms. The van der Waals surface area contributed by atoms with Crippen molar-refractivity contribution in [2.24, 2.45) is 11.8 Å². The van der Waals surface area contributed by atoms with E-state index in [0.717, 1.165) is 87.0 Å². The zero-order chi connectivity index (χ0) is 35.0. The monoisotopic (exact) mass is 683 g/mol. The highest BCUT2D eigenvalue weighted by molar-refractivity contribution is 5.95. The molecule has 1 aromatic heterocycles. The fourth-order valence-electron chi connectivity index (χ4n) is 7.88. The Hall–Kier alpha value is -3.85. The van der Waals surface area contributed by atoms with Gasteiger partial charge in [0.05, 0.1) is 19.3 Å². The topological polar surface area (TPSA) is 88.9 Å². The van der Waals surface area contributed by atoms with Gasteiger partial charge in [0.2, 0.25) is 5.91 Å². The van der Waals surface area contributed by atoms with Gasteiger partial charge in [-0.2, -0.15) is 5.10 Å². The zero-order valence-corrected chi connectivity index (χ0v) is 30.6. The molecule has 0 saturated heterocycles. The summed E-state index contributed by atoms with van der Waals surface area (Å²) in [5.41, 5.74) is 5.73. The van der Waals surface area contributed by atoms with E-state index in [1.807, 2.05) is 6.20 Å². The van der Waals surface area contributed by atoms with E-state index in [4.69, 9.17) is 9.47 Å². The van der Waals surface area contributed by atoms with Crippen molar-refractivity contribution < 1.29 is 19.1 Å². The van der Waals surface area contributed by atoms with Gasteiger partial charge in [-0.15, -0.1) is 0 Å². The number of alkyl carbamates (subject to hydrolysis) is 1. The van der Waals surface area contributed by atoms with E-state index >= 15 is 0 Å². The van der Waals surface area contributed by atoms with Crippen molar-refractivity contribution in [3.8, 4) is 16.9 Å². The van der Waals surface area contributed by atoms with E-state index in [9.17, 15) is 9.59 Å². The Morgan fingerprint density at radius 3 is 2.40 bits per heavy atom. The van der Waals surface area contributed by atoms with Crippen LogP contribution in [0.1, 0.15) is 100 Å². The molecule has 50 heavy (non-hydrogen) atoms. The summed E-state index contributed by atoms with van der Waals surface area (Å²) in [6.07, 6.45) is 15.3. The van der Waals surface area contributed by atoms with Crippen LogP contribution in [-0.2, 0) is 9.53 Å². The van der Waals surface area contributed by atoms with Crippen LogP contribution in [0.25, 0.3) is 11.1 Å². The van der Waals surface area contributed by atoms with Crippen molar-refractivity contribution in [3.63, 3.8) is 0 Å². The third-order valence-electron chi connectivity index (χ3n) is 11.1. The number of methoxy groups -OCH3 is 1. The van der Waals surface area contributed by atoms with Gasteiger partial charge in [0.15, 0.2) is 0 Å². The molecule has 3 fully saturated rings. The minimum Gasteiger partial charge on any atom is -0.496 e. The van der Waals surface area contributed by atoms with Crippen molar-refractivity contribution >= 4 is 17.7 Å². The van der Waals surface area contributed by atoms with Crippen LogP contribution in [0.4, 0.5) is 10.5 Å². The summed E-state index contributed by atoms with van der Waals surface area (Å²) < 4.78 is 13.3. The second kappa shape index (κ2) is 16.9. The molecule has 3 saturated carbocycles. The quantitative estimate of drug-likeness (QED) is 0.173. The number of nitrogens with zero attached hydrogens (tertiary/aromatic N) is 4. The number of carbonyl (C=O) groups is 2. The first-order valence-electron chi connectivity index (χ1n) is 19.0. The van der Waals surface area contributed by atoms with Crippen LogP contribution in [0.3, 0.4) is 0 Å². The summed E-state index contributed by atoms with van der Waals surface area (Å²) in [4.78, 5) is 31.2. The highest BCUT2D eigenvalue weighted by Gasteiger charge is 2.34. The fraction of sp³-hybridized carbons (Fsp3) is 0.585. The molecule has 1 heterocycles. The van der Waals surface area contributed by atoms with E-state index in [0.29, 0.717) is 37.3 Å². The summed E-state index contributed by atoms with van der Waals surface area (Å²) in [6.45, 7) is 4.47. The van der Waals surface area contributed by atoms with Crippen LogP contribution in [0.2, 0.25) is 0 Å². The molecule has 2 aromatic carbocycles. The van der Waals surface area contributed by atoms with Crippen LogP contribution in [0.5, 0.6) is 5.75 Å². The number of aromatic nitrogens is 2. The van der Waals surface area contributed by atoms with Crippen LogP contribution in [-0.4, -0.2) is 73.6 Å². The highest BCUT2D eigenvalue weighted by atomic mass is 16.6. The first kappa shape index (κ1) is 36.0. The maximum atomic E-state index is 14.5. The van der Waals surface area contributed by atoms with E-state index < -0.39 is 0 Å². The van der Waals surface area contributed by atoms with Crippen molar-refractivity contribution in [2.75, 3.05) is 45.7 Å². The minimum absolute atomic E-state index is 0.0798.